The van der Waals surface area contributed by atoms with Crippen molar-refractivity contribution in [1.29, 1.82) is 0 Å². The Labute approximate surface area is 111 Å². The van der Waals surface area contributed by atoms with Gasteiger partial charge in [-0.2, -0.15) is 5.10 Å². The molecule has 0 saturated carbocycles. The Bertz CT molecular complexity index is 442. The van der Waals surface area contributed by atoms with Gasteiger partial charge in [0.05, 0.1) is 19.4 Å². The minimum Gasteiger partial charge on any atom is -0.462 e. The van der Waals surface area contributed by atoms with E-state index in [0.29, 0.717) is 6.61 Å². The first kappa shape index (κ1) is 15.0. The third-order valence-corrected chi connectivity index (χ3v) is 2.39. The summed E-state index contributed by atoms with van der Waals surface area (Å²) in [5.74, 6) is -0.264. The first-order valence-electron chi connectivity index (χ1n) is 6.23. The second-order valence-corrected chi connectivity index (χ2v) is 3.87. The lowest BCUT2D eigenvalue weighted by atomic mass is 10.3. The van der Waals surface area contributed by atoms with Gasteiger partial charge in [0.15, 0.2) is 0 Å². The van der Waals surface area contributed by atoms with Crippen LogP contribution in [0.3, 0.4) is 0 Å². The van der Waals surface area contributed by atoms with Crippen LogP contribution < -0.4 is 5.32 Å². The molecule has 1 amide bonds. The molecular weight excluding hydrogens is 250 g/mol. The number of aromatic nitrogens is 2. The normalized spacial score (nSPS) is 10.1. The molecule has 0 bridgehead atoms. The van der Waals surface area contributed by atoms with Crippen LogP contribution in [0.25, 0.3) is 0 Å². The van der Waals surface area contributed by atoms with Crippen molar-refractivity contribution >= 4 is 17.9 Å². The van der Waals surface area contributed by atoms with Gasteiger partial charge in [0.2, 0.25) is 0 Å². The molecule has 1 N–H and O–H groups in total. The highest BCUT2D eigenvalue weighted by Gasteiger charge is 2.19. The smallest absolute Gasteiger partial charge is 0.412 e. The van der Waals surface area contributed by atoms with E-state index in [2.05, 4.69) is 10.4 Å². The molecule has 0 aliphatic rings. The summed E-state index contributed by atoms with van der Waals surface area (Å²) < 4.78 is 11.2. The average Bonchev–Trinajstić information content (AvgIpc) is 2.72. The van der Waals surface area contributed by atoms with Crippen LogP contribution >= 0.6 is 0 Å². The Morgan fingerprint density at radius 3 is 2.74 bits per heavy atom. The summed E-state index contributed by atoms with van der Waals surface area (Å²) in [6.45, 7) is 4.31. The van der Waals surface area contributed by atoms with Gasteiger partial charge in [0.1, 0.15) is 11.4 Å². The summed E-state index contributed by atoms with van der Waals surface area (Å²) in [5, 5.41) is 6.41. The molecule has 0 fully saturated rings. The second kappa shape index (κ2) is 7.40. The van der Waals surface area contributed by atoms with E-state index in [9.17, 15) is 9.59 Å². The van der Waals surface area contributed by atoms with Crippen LogP contribution in [0.15, 0.2) is 6.20 Å². The zero-order chi connectivity index (χ0) is 14.3. The third-order valence-electron chi connectivity index (χ3n) is 2.39. The lowest BCUT2D eigenvalue weighted by Gasteiger charge is -2.08. The number of nitrogens with one attached hydrogen (secondary N) is 1. The van der Waals surface area contributed by atoms with Crippen molar-refractivity contribution in [2.24, 2.45) is 7.05 Å². The maximum atomic E-state index is 11.7. The molecule has 1 aromatic heterocycles. The monoisotopic (exact) mass is 269 g/mol. The van der Waals surface area contributed by atoms with Gasteiger partial charge in [-0.3, -0.25) is 10.00 Å². The van der Waals surface area contributed by atoms with Gasteiger partial charge >= 0.3 is 12.1 Å². The number of hydrogen-bond donors (Lipinski definition) is 1. The highest BCUT2D eigenvalue weighted by molar-refractivity contribution is 5.98. The predicted molar refractivity (Wildman–Crippen MR) is 69.0 cm³/mol. The maximum Gasteiger partial charge on any atom is 0.412 e. The van der Waals surface area contributed by atoms with Crippen molar-refractivity contribution in [2.75, 3.05) is 18.5 Å². The van der Waals surface area contributed by atoms with Crippen LogP contribution in [0, 0.1) is 0 Å². The lowest BCUT2D eigenvalue weighted by molar-refractivity contribution is 0.0527. The van der Waals surface area contributed by atoms with Crippen molar-refractivity contribution < 1.29 is 19.1 Å². The molecule has 0 saturated heterocycles. The quantitative estimate of drug-likeness (QED) is 0.630. The van der Waals surface area contributed by atoms with Crippen LogP contribution in [0.1, 0.15) is 37.0 Å². The Morgan fingerprint density at radius 1 is 1.37 bits per heavy atom. The molecule has 19 heavy (non-hydrogen) atoms. The van der Waals surface area contributed by atoms with E-state index < -0.39 is 12.1 Å². The molecule has 1 aromatic rings. The molecular formula is C12H19N3O4. The second-order valence-electron chi connectivity index (χ2n) is 3.87. The van der Waals surface area contributed by atoms with E-state index in [4.69, 9.17) is 9.47 Å². The van der Waals surface area contributed by atoms with Gasteiger partial charge in [0, 0.05) is 7.05 Å². The number of aryl methyl sites for hydroxylation is 1. The van der Waals surface area contributed by atoms with Gasteiger partial charge in [0.25, 0.3) is 0 Å². The summed E-state index contributed by atoms with van der Waals surface area (Å²) in [4.78, 5) is 23.2. The average molecular weight is 269 g/mol. The number of unbranched alkanes of at least 4 members (excludes halogenated alkanes) is 1. The number of anilines is 1. The maximum absolute atomic E-state index is 11.7. The van der Waals surface area contributed by atoms with Gasteiger partial charge in [-0.15, -0.1) is 0 Å². The first-order valence-corrected chi connectivity index (χ1v) is 6.23. The van der Waals surface area contributed by atoms with Crippen LogP contribution in [-0.4, -0.2) is 35.1 Å². The minimum absolute atomic E-state index is 0.205. The Balaban J connectivity index is 2.69. The highest BCUT2D eigenvalue weighted by atomic mass is 16.5. The lowest BCUT2D eigenvalue weighted by Crippen LogP contribution is -2.19. The van der Waals surface area contributed by atoms with E-state index in [-0.39, 0.29) is 18.0 Å². The Hall–Kier alpha value is -2.05. The first-order chi connectivity index (χ1) is 9.10. The van der Waals surface area contributed by atoms with E-state index in [0.717, 1.165) is 12.8 Å². The molecule has 0 aliphatic heterocycles. The van der Waals surface area contributed by atoms with Crippen molar-refractivity contribution in [3.63, 3.8) is 0 Å². The summed E-state index contributed by atoms with van der Waals surface area (Å²) in [6, 6.07) is 0. The van der Waals surface area contributed by atoms with Crippen LogP contribution in [-0.2, 0) is 16.5 Å². The largest absolute Gasteiger partial charge is 0.462 e. The number of amides is 1. The fraction of sp³-hybridized carbons (Fsp3) is 0.583. The fourth-order valence-corrected chi connectivity index (χ4v) is 1.39. The van der Waals surface area contributed by atoms with Crippen LogP contribution in [0.4, 0.5) is 10.6 Å². The molecule has 0 spiro atoms. The van der Waals surface area contributed by atoms with E-state index in [1.807, 2.05) is 6.92 Å². The van der Waals surface area contributed by atoms with Gasteiger partial charge in [-0.1, -0.05) is 13.3 Å². The predicted octanol–water partition coefficient (Wildman–Crippen LogP) is 1.95. The number of ether oxygens (including phenoxy) is 2. The van der Waals surface area contributed by atoms with Crippen molar-refractivity contribution in [3.8, 4) is 0 Å². The van der Waals surface area contributed by atoms with Gasteiger partial charge in [-0.05, 0) is 13.3 Å². The number of rotatable bonds is 6. The van der Waals surface area contributed by atoms with Crippen LogP contribution in [0.2, 0.25) is 0 Å². The third kappa shape index (κ3) is 4.27. The van der Waals surface area contributed by atoms with E-state index >= 15 is 0 Å². The Morgan fingerprint density at radius 2 is 2.11 bits per heavy atom. The summed E-state index contributed by atoms with van der Waals surface area (Å²) in [5.41, 5.74) is 0.205. The minimum atomic E-state index is -0.609. The molecule has 0 aliphatic carbocycles. The fourth-order valence-electron chi connectivity index (χ4n) is 1.39. The number of esters is 1. The molecule has 7 heteroatoms. The number of carbonyl (C=O) groups excluding carboxylic acids is 2. The standard InChI is InChI=1S/C12H19N3O4/c1-4-6-7-19-12(17)14-10-9(8-13-15(10)3)11(16)18-5-2/h8H,4-7H2,1-3H3,(H,14,17). The Kier molecular flexibility index (Phi) is 5.84. The summed E-state index contributed by atoms with van der Waals surface area (Å²) in [6.07, 6.45) is 2.47. The van der Waals surface area contributed by atoms with Crippen molar-refractivity contribution in [1.82, 2.24) is 9.78 Å². The molecule has 0 radical (unpaired) electrons. The number of nitrogens with zero attached hydrogens (tertiary/aromatic N) is 2. The molecule has 1 rings (SSSR count). The molecule has 1 heterocycles. The van der Waals surface area contributed by atoms with Gasteiger partial charge in [-0.25, -0.2) is 9.59 Å². The summed E-state index contributed by atoms with van der Waals surface area (Å²) >= 11 is 0. The van der Waals surface area contributed by atoms with E-state index in [1.165, 1.54) is 10.9 Å². The molecule has 0 unspecified atom stereocenters. The zero-order valence-electron chi connectivity index (χ0n) is 11.4. The summed E-state index contributed by atoms with van der Waals surface area (Å²) in [7, 11) is 1.62. The van der Waals surface area contributed by atoms with Crippen molar-refractivity contribution in [3.05, 3.63) is 11.8 Å². The SMILES string of the molecule is CCCCOC(=O)Nc1c(C(=O)OCC)cnn1C. The molecule has 106 valence electrons. The molecule has 7 nitrogen and oxygen atoms in total. The highest BCUT2D eigenvalue weighted by Crippen LogP contribution is 2.15. The zero-order valence-corrected chi connectivity index (χ0v) is 11.4. The number of carbonyl (C=O) groups is 2. The molecule has 0 aromatic carbocycles. The number of hydrogen-bond acceptors (Lipinski definition) is 5. The van der Waals surface area contributed by atoms with E-state index in [1.54, 1.807) is 14.0 Å². The van der Waals surface area contributed by atoms with Crippen molar-refractivity contribution in [2.45, 2.75) is 26.7 Å². The topological polar surface area (TPSA) is 82.4 Å². The molecule has 0 atom stereocenters. The van der Waals surface area contributed by atoms with Gasteiger partial charge < -0.3 is 9.47 Å². The van der Waals surface area contributed by atoms with Crippen LogP contribution in [0.5, 0.6) is 0 Å².